The van der Waals surface area contributed by atoms with Crippen LogP contribution in [0.4, 0.5) is 0 Å². The van der Waals surface area contributed by atoms with Crippen LogP contribution < -0.4 is 0 Å². The summed E-state index contributed by atoms with van der Waals surface area (Å²) in [6.07, 6.45) is 0.109. The Bertz CT molecular complexity index is 503. The highest BCUT2D eigenvalue weighted by Gasteiger charge is 2.13. The van der Waals surface area contributed by atoms with Gasteiger partial charge in [0.2, 0.25) is 0 Å². The average molecular weight is 246 g/mol. The van der Waals surface area contributed by atoms with Gasteiger partial charge in [0.15, 0.2) is 0 Å². The number of rotatable bonds is 3. The van der Waals surface area contributed by atoms with E-state index in [0.29, 0.717) is 4.88 Å². The highest BCUT2D eigenvalue weighted by molar-refractivity contribution is 7.12. The molecule has 0 atom stereocenters. The molecule has 4 heteroatoms. The monoisotopic (exact) mass is 246 g/mol. The second-order valence-electron chi connectivity index (χ2n) is 3.40. The van der Waals surface area contributed by atoms with Gasteiger partial charge in [0.25, 0.3) is 0 Å². The van der Waals surface area contributed by atoms with Gasteiger partial charge in [0.1, 0.15) is 4.88 Å². The molecule has 0 fully saturated rings. The maximum atomic E-state index is 11.5. The third kappa shape index (κ3) is 3.26. The summed E-state index contributed by atoms with van der Waals surface area (Å²) in [6.45, 7) is 0. The van der Waals surface area contributed by atoms with E-state index in [4.69, 9.17) is 4.74 Å². The Morgan fingerprint density at radius 3 is 2.47 bits per heavy atom. The molecule has 0 N–H and O–H groups in total. The Morgan fingerprint density at radius 1 is 1.06 bits per heavy atom. The number of hydrogen-bond donors (Lipinski definition) is 0. The molecular formula is C13H10O3S. The minimum absolute atomic E-state index is 0.109. The van der Waals surface area contributed by atoms with Crippen molar-refractivity contribution in [2.45, 2.75) is 6.42 Å². The topological polar surface area (TPSA) is 43.4 Å². The number of esters is 2. The van der Waals surface area contributed by atoms with Crippen LogP contribution in [-0.4, -0.2) is 11.9 Å². The summed E-state index contributed by atoms with van der Waals surface area (Å²) >= 11 is 1.25. The van der Waals surface area contributed by atoms with Crippen molar-refractivity contribution in [3.05, 3.63) is 58.3 Å². The van der Waals surface area contributed by atoms with Gasteiger partial charge in [-0.25, -0.2) is 4.79 Å². The molecule has 0 bridgehead atoms. The van der Waals surface area contributed by atoms with Crippen LogP contribution >= 0.6 is 11.3 Å². The number of hydrogen-bond acceptors (Lipinski definition) is 4. The van der Waals surface area contributed by atoms with E-state index in [-0.39, 0.29) is 6.42 Å². The van der Waals surface area contributed by atoms with E-state index in [1.807, 2.05) is 30.3 Å². The van der Waals surface area contributed by atoms with Gasteiger partial charge in [-0.05, 0) is 17.0 Å². The second-order valence-corrected chi connectivity index (χ2v) is 4.35. The molecule has 17 heavy (non-hydrogen) atoms. The fourth-order valence-corrected chi connectivity index (χ4v) is 1.95. The second kappa shape index (κ2) is 5.41. The first-order chi connectivity index (χ1) is 8.25. The summed E-state index contributed by atoms with van der Waals surface area (Å²) < 4.78 is 4.73. The van der Waals surface area contributed by atoms with E-state index in [9.17, 15) is 9.59 Å². The Balaban J connectivity index is 1.92. The normalized spacial score (nSPS) is 9.88. The van der Waals surface area contributed by atoms with Crippen LogP contribution in [0.25, 0.3) is 0 Å². The van der Waals surface area contributed by atoms with Gasteiger partial charge in [-0.2, -0.15) is 0 Å². The van der Waals surface area contributed by atoms with Crippen LogP contribution in [0.5, 0.6) is 0 Å². The lowest BCUT2D eigenvalue weighted by Crippen LogP contribution is -2.13. The lowest BCUT2D eigenvalue weighted by atomic mass is 10.2. The summed E-state index contributed by atoms with van der Waals surface area (Å²) in [6, 6.07) is 12.5. The lowest BCUT2D eigenvalue weighted by Gasteiger charge is -2.01. The SMILES string of the molecule is O=C(Cc1ccccc1)OC(=O)c1cccs1. The summed E-state index contributed by atoms with van der Waals surface area (Å²) in [7, 11) is 0. The molecule has 3 nitrogen and oxygen atoms in total. The van der Waals surface area contributed by atoms with Gasteiger partial charge in [0, 0.05) is 0 Å². The first-order valence-corrected chi connectivity index (χ1v) is 5.96. The highest BCUT2D eigenvalue weighted by Crippen LogP contribution is 2.10. The van der Waals surface area contributed by atoms with E-state index >= 15 is 0 Å². The number of carbonyl (C=O) groups excluding carboxylic acids is 2. The summed E-state index contributed by atoms with van der Waals surface area (Å²) in [4.78, 5) is 23.4. The first-order valence-electron chi connectivity index (χ1n) is 5.08. The molecule has 1 heterocycles. The molecule has 0 amide bonds. The van der Waals surface area contributed by atoms with Crippen molar-refractivity contribution < 1.29 is 14.3 Å². The maximum absolute atomic E-state index is 11.5. The molecule has 0 aliphatic heterocycles. The number of thiophene rings is 1. The first kappa shape index (κ1) is 11.5. The minimum Gasteiger partial charge on any atom is -0.389 e. The van der Waals surface area contributed by atoms with E-state index in [0.717, 1.165) is 5.56 Å². The molecule has 1 aromatic heterocycles. The van der Waals surface area contributed by atoms with Gasteiger partial charge in [-0.15, -0.1) is 11.3 Å². The van der Waals surface area contributed by atoms with Crippen LogP contribution in [0.3, 0.4) is 0 Å². The van der Waals surface area contributed by atoms with E-state index in [1.54, 1.807) is 17.5 Å². The zero-order valence-corrected chi connectivity index (χ0v) is 9.78. The Morgan fingerprint density at radius 2 is 1.82 bits per heavy atom. The smallest absolute Gasteiger partial charge is 0.355 e. The fourth-order valence-electron chi connectivity index (χ4n) is 1.35. The predicted octanol–water partition coefficient (Wildman–Crippen LogP) is 2.67. The minimum atomic E-state index is -0.582. The zero-order chi connectivity index (χ0) is 12.1. The van der Waals surface area contributed by atoms with Crippen LogP contribution in [0, 0.1) is 0 Å². The lowest BCUT2D eigenvalue weighted by molar-refractivity contribution is -0.137. The molecule has 86 valence electrons. The third-order valence-corrected chi connectivity index (χ3v) is 2.97. The van der Waals surface area contributed by atoms with Crippen molar-refractivity contribution in [2.75, 3.05) is 0 Å². The molecule has 0 unspecified atom stereocenters. The Labute approximate surface area is 103 Å². The predicted molar refractivity (Wildman–Crippen MR) is 64.9 cm³/mol. The molecule has 0 aliphatic rings. The average Bonchev–Trinajstić information content (AvgIpc) is 2.83. The Hall–Kier alpha value is -1.94. The largest absolute Gasteiger partial charge is 0.389 e. The number of ether oxygens (including phenoxy) is 1. The van der Waals surface area contributed by atoms with Crippen molar-refractivity contribution in [3.63, 3.8) is 0 Å². The van der Waals surface area contributed by atoms with E-state index in [2.05, 4.69) is 0 Å². The van der Waals surface area contributed by atoms with Crippen LogP contribution in [0.2, 0.25) is 0 Å². The van der Waals surface area contributed by atoms with E-state index in [1.165, 1.54) is 11.3 Å². The highest BCUT2D eigenvalue weighted by atomic mass is 32.1. The quantitative estimate of drug-likeness (QED) is 0.617. The molecule has 2 rings (SSSR count). The molecule has 0 spiro atoms. The number of benzene rings is 1. The Kier molecular flexibility index (Phi) is 3.67. The standard InChI is InChI=1S/C13H10O3S/c14-12(9-10-5-2-1-3-6-10)16-13(15)11-7-4-8-17-11/h1-8H,9H2. The fraction of sp³-hybridized carbons (Fsp3) is 0.0769. The van der Waals surface area contributed by atoms with Gasteiger partial charge in [-0.3, -0.25) is 4.79 Å². The van der Waals surface area contributed by atoms with Gasteiger partial charge >= 0.3 is 11.9 Å². The van der Waals surface area contributed by atoms with Crippen LogP contribution in [0.1, 0.15) is 15.2 Å². The summed E-state index contributed by atoms with van der Waals surface area (Å²) in [5.74, 6) is -1.12. The van der Waals surface area contributed by atoms with Gasteiger partial charge in [0.05, 0.1) is 6.42 Å². The van der Waals surface area contributed by atoms with Crippen molar-refractivity contribution in [1.29, 1.82) is 0 Å². The maximum Gasteiger partial charge on any atom is 0.355 e. The molecular weight excluding hydrogens is 236 g/mol. The third-order valence-electron chi connectivity index (χ3n) is 2.12. The molecule has 1 aromatic carbocycles. The molecule has 0 saturated heterocycles. The van der Waals surface area contributed by atoms with E-state index < -0.39 is 11.9 Å². The van der Waals surface area contributed by atoms with Crippen molar-refractivity contribution in [2.24, 2.45) is 0 Å². The molecule has 0 radical (unpaired) electrons. The molecule has 0 saturated carbocycles. The molecule has 2 aromatic rings. The molecule has 0 aliphatic carbocycles. The summed E-state index contributed by atoms with van der Waals surface area (Å²) in [5.41, 5.74) is 0.830. The summed E-state index contributed by atoms with van der Waals surface area (Å²) in [5, 5.41) is 1.76. The van der Waals surface area contributed by atoms with Crippen LogP contribution in [-0.2, 0) is 16.0 Å². The van der Waals surface area contributed by atoms with Gasteiger partial charge in [-0.1, -0.05) is 36.4 Å². The van der Waals surface area contributed by atoms with Crippen molar-refractivity contribution in [3.8, 4) is 0 Å². The van der Waals surface area contributed by atoms with Crippen LogP contribution in [0.15, 0.2) is 47.8 Å². The van der Waals surface area contributed by atoms with Gasteiger partial charge < -0.3 is 4.74 Å². The van der Waals surface area contributed by atoms with Crippen molar-refractivity contribution in [1.82, 2.24) is 0 Å². The number of carbonyl (C=O) groups is 2. The zero-order valence-electron chi connectivity index (χ0n) is 8.96. The van der Waals surface area contributed by atoms with Crippen molar-refractivity contribution >= 4 is 23.3 Å².